The molecule has 1 heterocycles. The minimum absolute atomic E-state index is 0.0872. The molecule has 0 saturated carbocycles. The van der Waals surface area contributed by atoms with Crippen molar-refractivity contribution in [2.45, 2.75) is 13.1 Å². The Bertz CT molecular complexity index is 1470. The molecule has 4 rings (SSSR count). The van der Waals surface area contributed by atoms with Gasteiger partial charge in [-0.3, -0.25) is 20.4 Å². The molecule has 0 radical (unpaired) electrons. The van der Waals surface area contributed by atoms with Gasteiger partial charge in [0.1, 0.15) is 23.9 Å². The molecule has 0 unspecified atom stereocenters. The van der Waals surface area contributed by atoms with E-state index in [2.05, 4.69) is 21.3 Å². The molecule has 0 bridgehead atoms. The molecule has 36 heavy (non-hydrogen) atoms. The number of nitriles is 1. The van der Waals surface area contributed by atoms with Crippen LogP contribution < -0.4 is 21.7 Å². The van der Waals surface area contributed by atoms with Crippen LogP contribution in [0, 0.1) is 11.3 Å². The Morgan fingerprint density at radius 3 is 2.08 bits per heavy atom. The van der Waals surface area contributed by atoms with Crippen LogP contribution in [0.25, 0.3) is 22.4 Å². The summed E-state index contributed by atoms with van der Waals surface area (Å²) in [6.45, 7) is 0.0766. The first-order chi connectivity index (χ1) is 17.6. The lowest BCUT2D eigenvalue weighted by Gasteiger charge is -2.15. The van der Waals surface area contributed by atoms with Gasteiger partial charge in [0.25, 0.3) is 11.5 Å². The van der Waals surface area contributed by atoms with Gasteiger partial charge in [0, 0.05) is 17.7 Å². The number of hydrogen-bond acceptors (Lipinski definition) is 5. The van der Waals surface area contributed by atoms with Gasteiger partial charge in [-0.2, -0.15) is 10.4 Å². The number of carbonyl (C=O) groups excluding carboxylic acids is 1. The maximum atomic E-state index is 13.2. The fraction of sp³-hybridized carbons (Fsp3) is 0.0741. The highest BCUT2D eigenvalue weighted by molar-refractivity contribution is 7.80. The van der Waals surface area contributed by atoms with Crippen LogP contribution in [0.2, 0.25) is 0 Å². The molecular formula is C27H22N6O2S. The standard InChI is InChI=1S/C27H22N6O2S/c28-16-22-24(20-12-6-2-7-13-20)25(21-14-8-3-9-15-21)32-33(26(22)35)18-23(34)30-31-27(36)29-17-19-10-4-1-5-11-19/h1-15H,17-18H2,(H,30,34)(H2,29,31,36). The number of aromatic nitrogens is 2. The normalized spacial score (nSPS) is 10.2. The highest BCUT2D eigenvalue weighted by atomic mass is 32.1. The van der Waals surface area contributed by atoms with Gasteiger partial charge >= 0.3 is 0 Å². The van der Waals surface area contributed by atoms with Gasteiger partial charge < -0.3 is 5.32 Å². The maximum absolute atomic E-state index is 13.2. The summed E-state index contributed by atoms with van der Waals surface area (Å²) in [6.07, 6.45) is 0. The average Bonchev–Trinajstić information content (AvgIpc) is 2.93. The minimum Gasteiger partial charge on any atom is -0.357 e. The first kappa shape index (κ1) is 24.3. The third-order valence-electron chi connectivity index (χ3n) is 5.28. The SMILES string of the molecule is N#Cc1c(-c2ccccc2)c(-c2ccccc2)nn(CC(=O)NNC(=S)NCc2ccccc2)c1=O. The largest absolute Gasteiger partial charge is 0.357 e. The predicted molar refractivity (Wildman–Crippen MR) is 141 cm³/mol. The van der Waals surface area contributed by atoms with Crippen LogP contribution in [0.3, 0.4) is 0 Å². The number of amides is 1. The second-order valence-corrected chi connectivity index (χ2v) is 8.15. The number of hydrogen-bond donors (Lipinski definition) is 3. The highest BCUT2D eigenvalue weighted by Crippen LogP contribution is 2.31. The molecule has 1 amide bonds. The number of benzene rings is 3. The van der Waals surface area contributed by atoms with Gasteiger partial charge in [0.05, 0.1) is 0 Å². The Morgan fingerprint density at radius 1 is 0.889 bits per heavy atom. The van der Waals surface area contributed by atoms with Crippen molar-refractivity contribution in [1.29, 1.82) is 5.26 Å². The fourth-order valence-electron chi connectivity index (χ4n) is 3.59. The molecule has 0 aliphatic heterocycles. The number of nitrogens with one attached hydrogen (secondary N) is 3. The van der Waals surface area contributed by atoms with Crippen molar-refractivity contribution in [3.8, 4) is 28.5 Å². The zero-order chi connectivity index (χ0) is 25.3. The molecular weight excluding hydrogens is 472 g/mol. The van der Waals surface area contributed by atoms with Crippen molar-refractivity contribution in [3.63, 3.8) is 0 Å². The molecule has 4 aromatic rings. The summed E-state index contributed by atoms with van der Waals surface area (Å²) in [5.41, 5.74) is 7.62. The Balaban J connectivity index is 1.56. The van der Waals surface area contributed by atoms with Crippen LogP contribution in [0.5, 0.6) is 0 Å². The first-order valence-electron chi connectivity index (χ1n) is 11.1. The lowest BCUT2D eigenvalue weighted by atomic mass is 9.96. The average molecular weight is 495 g/mol. The van der Waals surface area contributed by atoms with Crippen molar-refractivity contribution in [2.75, 3.05) is 0 Å². The third-order valence-corrected chi connectivity index (χ3v) is 5.53. The predicted octanol–water partition coefficient (Wildman–Crippen LogP) is 3.14. The molecule has 178 valence electrons. The number of hydrazine groups is 1. The Labute approximate surface area is 213 Å². The number of thiocarbonyl (C=S) groups is 1. The molecule has 3 N–H and O–H groups in total. The van der Waals surface area contributed by atoms with Gasteiger partial charge in [-0.1, -0.05) is 91.0 Å². The maximum Gasteiger partial charge on any atom is 0.285 e. The molecule has 3 aromatic carbocycles. The zero-order valence-corrected chi connectivity index (χ0v) is 20.0. The van der Waals surface area contributed by atoms with E-state index < -0.39 is 18.0 Å². The molecule has 1 aromatic heterocycles. The van der Waals surface area contributed by atoms with Crippen molar-refractivity contribution in [3.05, 3.63) is 112 Å². The van der Waals surface area contributed by atoms with Crippen LogP contribution in [0.15, 0.2) is 95.8 Å². The van der Waals surface area contributed by atoms with Crippen LogP contribution in [-0.4, -0.2) is 20.8 Å². The van der Waals surface area contributed by atoms with Gasteiger partial charge in [-0.05, 0) is 23.3 Å². The van der Waals surface area contributed by atoms with Crippen LogP contribution in [-0.2, 0) is 17.9 Å². The monoisotopic (exact) mass is 494 g/mol. The molecule has 8 nitrogen and oxygen atoms in total. The summed E-state index contributed by atoms with van der Waals surface area (Å²) in [6, 6.07) is 30.0. The quantitative estimate of drug-likeness (QED) is 0.279. The van der Waals surface area contributed by atoms with E-state index in [1.165, 1.54) is 0 Å². The lowest BCUT2D eigenvalue weighted by Crippen LogP contribution is -2.48. The molecule has 9 heteroatoms. The van der Waals surface area contributed by atoms with E-state index in [9.17, 15) is 14.9 Å². The number of carbonyl (C=O) groups is 1. The van der Waals surface area contributed by atoms with Crippen molar-refractivity contribution < 1.29 is 4.79 Å². The first-order valence-corrected chi connectivity index (χ1v) is 11.5. The van der Waals surface area contributed by atoms with Crippen molar-refractivity contribution >= 4 is 23.2 Å². The summed E-state index contributed by atoms with van der Waals surface area (Å²) < 4.78 is 0.991. The van der Waals surface area contributed by atoms with Gasteiger partial charge in [0.2, 0.25) is 0 Å². The summed E-state index contributed by atoms with van der Waals surface area (Å²) in [5, 5.41) is 17.6. The van der Waals surface area contributed by atoms with E-state index >= 15 is 0 Å². The van der Waals surface area contributed by atoms with Crippen LogP contribution in [0.1, 0.15) is 11.1 Å². The summed E-state index contributed by atoms with van der Waals surface area (Å²) in [5.74, 6) is -0.552. The molecule has 0 saturated heterocycles. The second-order valence-electron chi connectivity index (χ2n) is 7.75. The Hall–Kier alpha value is -4.81. The van der Waals surface area contributed by atoms with Gasteiger partial charge in [-0.25, -0.2) is 4.68 Å². The smallest absolute Gasteiger partial charge is 0.285 e. The van der Waals surface area contributed by atoms with Gasteiger partial charge in [0.15, 0.2) is 5.11 Å². The van der Waals surface area contributed by atoms with E-state index in [0.29, 0.717) is 28.9 Å². The molecule has 0 atom stereocenters. The summed E-state index contributed by atoms with van der Waals surface area (Å²) in [7, 11) is 0. The van der Waals surface area contributed by atoms with E-state index in [0.717, 1.165) is 10.2 Å². The minimum atomic E-state index is -0.657. The van der Waals surface area contributed by atoms with E-state index in [1.54, 1.807) is 0 Å². The summed E-state index contributed by atoms with van der Waals surface area (Å²) >= 11 is 5.19. The van der Waals surface area contributed by atoms with Gasteiger partial charge in [-0.15, -0.1) is 0 Å². The fourth-order valence-corrected chi connectivity index (χ4v) is 3.71. The highest BCUT2D eigenvalue weighted by Gasteiger charge is 2.21. The third kappa shape index (κ3) is 5.81. The topological polar surface area (TPSA) is 112 Å². The van der Waals surface area contributed by atoms with E-state index in [-0.39, 0.29) is 10.7 Å². The van der Waals surface area contributed by atoms with Crippen LogP contribution in [0.4, 0.5) is 0 Å². The van der Waals surface area contributed by atoms with Crippen molar-refractivity contribution in [1.82, 2.24) is 25.9 Å². The number of nitrogens with zero attached hydrogens (tertiary/aromatic N) is 3. The van der Waals surface area contributed by atoms with Crippen molar-refractivity contribution in [2.24, 2.45) is 0 Å². The van der Waals surface area contributed by atoms with E-state index in [1.807, 2.05) is 97.1 Å². The van der Waals surface area contributed by atoms with E-state index in [4.69, 9.17) is 12.2 Å². The Kier molecular flexibility index (Phi) is 7.80. The van der Waals surface area contributed by atoms with Crippen LogP contribution >= 0.6 is 12.2 Å². The zero-order valence-electron chi connectivity index (χ0n) is 19.1. The molecule has 0 aliphatic carbocycles. The second kappa shape index (κ2) is 11.6. The molecule has 0 aliphatic rings. The summed E-state index contributed by atoms with van der Waals surface area (Å²) in [4.78, 5) is 25.8. The number of rotatable bonds is 6. The molecule has 0 spiro atoms. The lowest BCUT2D eigenvalue weighted by molar-refractivity contribution is -0.122. The molecule has 0 fully saturated rings. The Morgan fingerprint density at radius 2 is 1.47 bits per heavy atom.